The standard InChI is InChI=1S/C14H19F3N2O5S/c1-3-6-11(13(21)24-4-2)25(22,23)18-10-7-5-8-19(12(10)20)9-14(15,16)17/h5,7-8,11,18H,3-4,6,9H2,1-2H3/t11-/m0/s1. The monoisotopic (exact) mass is 384 g/mol. The van der Waals surface area contributed by atoms with Gasteiger partial charge < -0.3 is 9.30 Å². The number of alkyl halides is 3. The zero-order valence-corrected chi connectivity index (χ0v) is 14.5. The molecule has 25 heavy (non-hydrogen) atoms. The van der Waals surface area contributed by atoms with Gasteiger partial charge in [-0.1, -0.05) is 13.3 Å². The minimum Gasteiger partial charge on any atom is -0.465 e. The highest BCUT2D eigenvalue weighted by Gasteiger charge is 2.34. The van der Waals surface area contributed by atoms with Crippen molar-refractivity contribution in [1.82, 2.24) is 4.57 Å². The summed E-state index contributed by atoms with van der Waals surface area (Å²) >= 11 is 0. The molecule has 0 amide bonds. The Morgan fingerprint density at radius 2 is 2.00 bits per heavy atom. The summed E-state index contributed by atoms with van der Waals surface area (Å²) in [6.45, 7) is 1.57. The Bertz CT molecular complexity index is 758. The van der Waals surface area contributed by atoms with Gasteiger partial charge in [-0.15, -0.1) is 0 Å². The van der Waals surface area contributed by atoms with E-state index in [0.29, 0.717) is 11.0 Å². The second kappa shape index (κ2) is 8.37. The summed E-state index contributed by atoms with van der Waals surface area (Å²) in [4.78, 5) is 23.9. The Hall–Kier alpha value is -2.04. The van der Waals surface area contributed by atoms with Crippen LogP contribution in [0.5, 0.6) is 0 Å². The minimum atomic E-state index is -4.64. The Morgan fingerprint density at radius 1 is 1.36 bits per heavy atom. The van der Waals surface area contributed by atoms with Gasteiger partial charge in [-0.05, 0) is 25.5 Å². The number of hydrogen-bond acceptors (Lipinski definition) is 5. The van der Waals surface area contributed by atoms with Crippen molar-refractivity contribution in [2.45, 2.75) is 44.7 Å². The average molecular weight is 384 g/mol. The zero-order chi connectivity index (χ0) is 19.3. The lowest BCUT2D eigenvalue weighted by atomic mass is 10.2. The number of esters is 1. The maximum Gasteiger partial charge on any atom is 0.406 e. The molecule has 0 fully saturated rings. The van der Waals surface area contributed by atoms with Crippen LogP contribution in [0.15, 0.2) is 23.1 Å². The summed E-state index contributed by atoms with van der Waals surface area (Å²) in [7, 11) is -4.36. The maximum absolute atomic E-state index is 12.5. The number of carbonyl (C=O) groups excluding carboxylic acids is 1. The molecule has 0 unspecified atom stereocenters. The van der Waals surface area contributed by atoms with E-state index < -0.39 is 45.2 Å². The van der Waals surface area contributed by atoms with E-state index in [1.165, 1.54) is 6.92 Å². The van der Waals surface area contributed by atoms with Gasteiger partial charge in [0.1, 0.15) is 12.2 Å². The molecule has 0 radical (unpaired) electrons. The van der Waals surface area contributed by atoms with Crippen molar-refractivity contribution in [2.24, 2.45) is 0 Å². The quantitative estimate of drug-likeness (QED) is 0.691. The lowest BCUT2D eigenvalue weighted by molar-refractivity contribution is -0.143. The van der Waals surface area contributed by atoms with Gasteiger partial charge in [0.15, 0.2) is 5.25 Å². The van der Waals surface area contributed by atoms with Gasteiger partial charge in [-0.25, -0.2) is 8.42 Å². The summed E-state index contributed by atoms with van der Waals surface area (Å²) in [5.74, 6) is -0.983. The van der Waals surface area contributed by atoms with E-state index in [-0.39, 0.29) is 13.0 Å². The Balaban J connectivity index is 3.16. The molecule has 0 spiro atoms. The highest BCUT2D eigenvalue weighted by Crippen LogP contribution is 2.18. The van der Waals surface area contributed by atoms with Crippen molar-refractivity contribution in [2.75, 3.05) is 11.3 Å². The van der Waals surface area contributed by atoms with Crippen molar-refractivity contribution in [3.8, 4) is 0 Å². The third-order valence-electron chi connectivity index (χ3n) is 3.10. The molecule has 1 rings (SSSR count). The molecule has 1 aromatic heterocycles. The fourth-order valence-electron chi connectivity index (χ4n) is 2.05. The van der Waals surface area contributed by atoms with Crippen LogP contribution < -0.4 is 10.3 Å². The van der Waals surface area contributed by atoms with Gasteiger partial charge in [-0.3, -0.25) is 14.3 Å². The summed E-state index contributed by atoms with van der Waals surface area (Å²) in [6.07, 6.45) is -3.46. The molecule has 142 valence electrons. The number of aromatic nitrogens is 1. The summed E-state index contributed by atoms with van der Waals surface area (Å²) in [5, 5.41) is -1.56. The number of anilines is 1. The first kappa shape index (κ1) is 21.0. The van der Waals surface area contributed by atoms with Gasteiger partial charge >= 0.3 is 12.1 Å². The largest absolute Gasteiger partial charge is 0.465 e. The van der Waals surface area contributed by atoms with Crippen LogP contribution in [-0.4, -0.2) is 37.0 Å². The SMILES string of the molecule is CCC[C@@H](C(=O)OCC)S(=O)(=O)Nc1cccn(CC(F)(F)F)c1=O. The van der Waals surface area contributed by atoms with Crippen LogP contribution >= 0.6 is 0 Å². The maximum atomic E-state index is 12.5. The lowest BCUT2D eigenvalue weighted by Gasteiger charge is -2.17. The second-order valence-corrected chi connectivity index (χ2v) is 7.01. The highest BCUT2D eigenvalue weighted by atomic mass is 32.2. The van der Waals surface area contributed by atoms with Crippen LogP contribution in [0.4, 0.5) is 18.9 Å². The fraction of sp³-hybridized carbons (Fsp3) is 0.571. The van der Waals surface area contributed by atoms with Gasteiger partial charge in [0, 0.05) is 6.20 Å². The number of nitrogens with zero attached hydrogens (tertiary/aromatic N) is 1. The predicted molar refractivity (Wildman–Crippen MR) is 84.6 cm³/mol. The van der Waals surface area contributed by atoms with E-state index in [4.69, 9.17) is 4.74 Å². The molecule has 0 aliphatic heterocycles. The molecule has 11 heteroatoms. The minimum absolute atomic E-state index is 0.0295. The summed E-state index contributed by atoms with van der Waals surface area (Å²) < 4.78 is 69.0. The molecule has 0 bridgehead atoms. The molecular formula is C14H19F3N2O5S. The number of hydrogen-bond donors (Lipinski definition) is 1. The number of rotatable bonds is 8. The predicted octanol–water partition coefficient (Wildman–Crippen LogP) is 1.88. The highest BCUT2D eigenvalue weighted by molar-refractivity contribution is 7.94. The van der Waals surface area contributed by atoms with Crippen LogP contribution in [0.1, 0.15) is 26.7 Å². The van der Waals surface area contributed by atoms with Crippen molar-refractivity contribution in [3.05, 3.63) is 28.7 Å². The third kappa shape index (κ3) is 6.07. The van der Waals surface area contributed by atoms with Crippen molar-refractivity contribution < 1.29 is 31.1 Å². The molecule has 0 aliphatic carbocycles. The number of nitrogens with one attached hydrogen (secondary N) is 1. The van der Waals surface area contributed by atoms with Crippen LogP contribution in [0, 0.1) is 0 Å². The normalized spacial score (nSPS) is 13.3. The number of halogens is 3. The molecule has 0 saturated carbocycles. The lowest BCUT2D eigenvalue weighted by Crippen LogP contribution is -2.38. The van der Waals surface area contributed by atoms with Crippen LogP contribution in [0.2, 0.25) is 0 Å². The van der Waals surface area contributed by atoms with Gasteiger partial charge in [0.2, 0.25) is 10.0 Å². The second-order valence-electron chi connectivity index (χ2n) is 5.15. The number of pyridine rings is 1. The zero-order valence-electron chi connectivity index (χ0n) is 13.7. The average Bonchev–Trinajstić information content (AvgIpc) is 2.47. The van der Waals surface area contributed by atoms with Gasteiger partial charge in [0.05, 0.1) is 6.61 Å². The number of ether oxygens (including phenoxy) is 1. The van der Waals surface area contributed by atoms with Crippen molar-refractivity contribution in [1.29, 1.82) is 0 Å². The fourth-order valence-corrected chi connectivity index (χ4v) is 3.53. The Morgan fingerprint density at radius 3 is 2.52 bits per heavy atom. The van der Waals surface area contributed by atoms with E-state index in [0.717, 1.165) is 18.3 Å². The summed E-state index contributed by atoms with van der Waals surface area (Å²) in [5.41, 5.74) is -1.74. The first-order valence-corrected chi connectivity index (χ1v) is 9.01. The molecule has 7 nitrogen and oxygen atoms in total. The van der Waals surface area contributed by atoms with E-state index >= 15 is 0 Å². The third-order valence-corrected chi connectivity index (χ3v) is 4.78. The van der Waals surface area contributed by atoms with Gasteiger partial charge in [0.25, 0.3) is 5.56 Å². The van der Waals surface area contributed by atoms with Crippen molar-refractivity contribution in [3.63, 3.8) is 0 Å². The van der Waals surface area contributed by atoms with Crippen molar-refractivity contribution >= 4 is 21.7 Å². The Kier molecular flexibility index (Phi) is 7.03. The van der Waals surface area contributed by atoms with Crippen LogP contribution in [-0.2, 0) is 26.1 Å². The van der Waals surface area contributed by atoms with E-state index in [1.807, 2.05) is 4.72 Å². The number of sulfonamides is 1. The molecule has 1 atom stereocenters. The molecule has 0 aromatic carbocycles. The van der Waals surface area contributed by atoms with Gasteiger partial charge in [-0.2, -0.15) is 13.2 Å². The molecule has 1 heterocycles. The molecule has 0 aliphatic rings. The molecular weight excluding hydrogens is 365 g/mol. The van der Waals surface area contributed by atoms with E-state index in [9.17, 15) is 31.2 Å². The Labute approximate surface area is 142 Å². The first-order valence-electron chi connectivity index (χ1n) is 7.46. The molecule has 0 saturated heterocycles. The van der Waals surface area contributed by atoms with E-state index in [1.54, 1.807) is 6.92 Å². The van der Waals surface area contributed by atoms with Crippen LogP contribution in [0.3, 0.4) is 0 Å². The topological polar surface area (TPSA) is 94.5 Å². The molecule has 1 aromatic rings. The van der Waals surface area contributed by atoms with E-state index in [2.05, 4.69) is 0 Å². The first-order chi connectivity index (χ1) is 11.5. The van der Waals surface area contributed by atoms with Crippen LogP contribution in [0.25, 0.3) is 0 Å². The summed E-state index contributed by atoms with van der Waals surface area (Å²) in [6, 6.07) is 2.13. The smallest absolute Gasteiger partial charge is 0.406 e. The number of carbonyl (C=O) groups is 1. The molecule has 1 N–H and O–H groups in total.